The van der Waals surface area contributed by atoms with Crippen molar-refractivity contribution < 1.29 is 4.79 Å². The molecule has 1 nitrogen and oxygen atoms in total. The summed E-state index contributed by atoms with van der Waals surface area (Å²) in [7, 11) is 0. The Morgan fingerprint density at radius 1 is 0.895 bits per heavy atom. The molecular weight excluding hydrogens is 232 g/mol. The van der Waals surface area contributed by atoms with Gasteiger partial charge in [0.05, 0.1) is 0 Å². The van der Waals surface area contributed by atoms with E-state index < -0.39 is 0 Å². The van der Waals surface area contributed by atoms with Crippen molar-refractivity contribution in [3.05, 3.63) is 23.3 Å². The van der Waals surface area contributed by atoms with E-state index in [2.05, 4.69) is 12.2 Å². The van der Waals surface area contributed by atoms with Gasteiger partial charge in [-0.3, -0.25) is 4.79 Å². The fourth-order valence-electron chi connectivity index (χ4n) is 4.28. The van der Waals surface area contributed by atoms with Gasteiger partial charge in [-0.1, -0.05) is 24.1 Å². The van der Waals surface area contributed by atoms with E-state index in [1.807, 2.05) is 0 Å². The minimum absolute atomic E-state index is 0.493. The lowest BCUT2D eigenvalue weighted by Gasteiger charge is -2.34. The Balaban J connectivity index is 1.88. The zero-order chi connectivity index (χ0) is 13.1. The highest BCUT2D eigenvalue weighted by Gasteiger charge is 2.33. The Bertz CT molecular complexity index is 394. The Hall–Kier alpha value is -0.850. The highest BCUT2D eigenvalue weighted by atomic mass is 16.1. The summed E-state index contributed by atoms with van der Waals surface area (Å²) >= 11 is 0. The third-order valence-electron chi connectivity index (χ3n) is 5.24. The molecule has 19 heavy (non-hydrogen) atoms. The zero-order valence-corrected chi connectivity index (χ0v) is 12.0. The maximum Gasteiger partial charge on any atom is 0.159 e. The number of allylic oxidation sites excluding steroid dienone is 4. The molecule has 2 fully saturated rings. The average Bonchev–Trinajstić information content (AvgIpc) is 2.49. The molecule has 0 bridgehead atoms. The van der Waals surface area contributed by atoms with E-state index in [1.54, 1.807) is 5.57 Å². The van der Waals surface area contributed by atoms with E-state index in [1.165, 1.54) is 63.4 Å². The first-order valence-electron chi connectivity index (χ1n) is 8.28. The van der Waals surface area contributed by atoms with E-state index in [0.29, 0.717) is 17.6 Å². The van der Waals surface area contributed by atoms with Crippen LogP contribution < -0.4 is 0 Å². The number of hydrogen-bond acceptors (Lipinski definition) is 1. The van der Waals surface area contributed by atoms with Crippen molar-refractivity contribution in [3.8, 4) is 0 Å². The molecule has 3 aliphatic carbocycles. The van der Waals surface area contributed by atoms with Gasteiger partial charge in [0.1, 0.15) is 0 Å². The average molecular weight is 258 g/mol. The molecule has 0 amide bonds. The van der Waals surface area contributed by atoms with E-state index in [4.69, 9.17) is 0 Å². The van der Waals surface area contributed by atoms with Crippen molar-refractivity contribution in [1.82, 2.24) is 0 Å². The summed E-state index contributed by atoms with van der Waals surface area (Å²) in [6.07, 6.45) is 18.2. The Morgan fingerprint density at radius 2 is 1.74 bits per heavy atom. The predicted molar refractivity (Wildman–Crippen MR) is 78.9 cm³/mol. The van der Waals surface area contributed by atoms with Gasteiger partial charge in [-0.15, -0.1) is 0 Å². The Morgan fingerprint density at radius 3 is 2.47 bits per heavy atom. The second-order valence-electron chi connectivity index (χ2n) is 6.52. The molecule has 2 unspecified atom stereocenters. The van der Waals surface area contributed by atoms with Crippen molar-refractivity contribution in [1.29, 1.82) is 0 Å². The van der Waals surface area contributed by atoms with Gasteiger partial charge in [0, 0.05) is 6.42 Å². The molecule has 0 radical (unpaired) electrons. The molecule has 1 heteroatoms. The van der Waals surface area contributed by atoms with Gasteiger partial charge in [-0.2, -0.15) is 0 Å². The summed E-state index contributed by atoms with van der Waals surface area (Å²) in [4.78, 5) is 12.5. The Labute approximate surface area is 117 Å². The van der Waals surface area contributed by atoms with Crippen LogP contribution in [-0.2, 0) is 4.79 Å². The minimum atomic E-state index is 0.493. The molecular formula is C18H26O. The van der Waals surface area contributed by atoms with E-state index in [9.17, 15) is 4.79 Å². The second kappa shape index (κ2) is 6.07. The highest BCUT2D eigenvalue weighted by Crippen LogP contribution is 2.41. The van der Waals surface area contributed by atoms with Crippen LogP contribution in [0.4, 0.5) is 0 Å². The number of carbonyl (C=O) groups is 1. The lowest BCUT2D eigenvalue weighted by Crippen LogP contribution is -2.27. The molecule has 0 aliphatic heterocycles. The lowest BCUT2D eigenvalue weighted by molar-refractivity contribution is -0.117. The number of Topliss-reactive ketones (excluding diaryl/α,β-unsaturated/α-hetero) is 1. The second-order valence-corrected chi connectivity index (χ2v) is 6.52. The first-order valence-corrected chi connectivity index (χ1v) is 8.28. The third-order valence-corrected chi connectivity index (χ3v) is 5.24. The molecule has 0 saturated heterocycles. The quantitative estimate of drug-likeness (QED) is 0.479. The molecule has 2 atom stereocenters. The van der Waals surface area contributed by atoms with Crippen LogP contribution in [-0.4, -0.2) is 5.78 Å². The zero-order valence-electron chi connectivity index (χ0n) is 12.0. The van der Waals surface area contributed by atoms with Crippen molar-refractivity contribution in [3.63, 3.8) is 0 Å². The molecule has 0 aromatic carbocycles. The monoisotopic (exact) mass is 258 g/mol. The van der Waals surface area contributed by atoms with Gasteiger partial charge in [0.25, 0.3) is 0 Å². The molecule has 0 aromatic heterocycles. The molecule has 0 spiro atoms. The maximum atomic E-state index is 12.5. The van der Waals surface area contributed by atoms with Gasteiger partial charge in [-0.05, 0) is 75.2 Å². The fourth-order valence-corrected chi connectivity index (χ4v) is 4.28. The van der Waals surface area contributed by atoms with Gasteiger partial charge in [-0.25, -0.2) is 0 Å². The van der Waals surface area contributed by atoms with Gasteiger partial charge in [0.2, 0.25) is 0 Å². The van der Waals surface area contributed by atoms with Crippen LogP contribution in [0.15, 0.2) is 23.3 Å². The molecule has 0 N–H and O–H groups in total. The van der Waals surface area contributed by atoms with Crippen LogP contribution in [0.25, 0.3) is 0 Å². The summed E-state index contributed by atoms with van der Waals surface area (Å²) in [5.74, 6) is 1.71. The van der Waals surface area contributed by atoms with E-state index in [-0.39, 0.29) is 0 Å². The van der Waals surface area contributed by atoms with E-state index >= 15 is 0 Å². The molecule has 104 valence electrons. The van der Waals surface area contributed by atoms with Crippen LogP contribution in [0.1, 0.15) is 70.6 Å². The summed E-state index contributed by atoms with van der Waals surface area (Å²) in [5, 5.41) is 0. The Kier molecular flexibility index (Phi) is 4.20. The van der Waals surface area contributed by atoms with E-state index in [0.717, 1.165) is 12.8 Å². The molecule has 2 saturated carbocycles. The number of hydrogen-bond donors (Lipinski definition) is 0. The van der Waals surface area contributed by atoms with Crippen molar-refractivity contribution in [2.45, 2.75) is 70.6 Å². The summed E-state index contributed by atoms with van der Waals surface area (Å²) in [6, 6.07) is 0. The summed E-state index contributed by atoms with van der Waals surface area (Å²) in [5.41, 5.74) is 2.84. The maximum absolute atomic E-state index is 12.5. The third kappa shape index (κ3) is 2.85. The van der Waals surface area contributed by atoms with Crippen LogP contribution in [0.2, 0.25) is 0 Å². The number of carbonyl (C=O) groups excluding carboxylic acids is 1. The van der Waals surface area contributed by atoms with Crippen molar-refractivity contribution >= 4 is 5.78 Å². The summed E-state index contributed by atoms with van der Waals surface area (Å²) in [6.45, 7) is 0. The molecule has 0 aromatic rings. The first-order chi connectivity index (χ1) is 9.36. The minimum Gasteiger partial charge on any atom is -0.295 e. The number of rotatable bonds is 1. The SMILES string of the molecule is O=C1CCCC(C2C=CCCC2)C1=C1CCCCC1. The van der Waals surface area contributed by atoms with Crippen LogP contribution in [0.5, 0.6) is 0 Å². The van der Waals surface area contributed by atoms with Crippen LogP contribution in [0, 0.1) is 11.8 Å². The van der Waals surface area contributed by atoms with Crippen LogP contribution in [0.3, 0.4) is 0 Å². The largest absolute Gasteiger partial charge is 0.295 e. The molecule has 3 rings (SSSR count). The molecule has 0 heterocycles. The standard InChI is InChI=1S/C18H26O/c19-17-13-7-12-16(14-8-3-1-4-9-14)18(17)15-10-5-2-6-11-15/h3,8,14,16H,1-2,4-7,9-13H2. The van der Waals surface area contributed by atoms with Crippen molar-refractivity contribution in [2.75, 3.05) is 0 Å². The lowest BCUT2D eigenvalue weighted by atomic mass is 9.70. The van der Waals surface area contributed by atoms with Crippen LogP contribution >= 0.6 is 0 Å². The smallest absolute Gasteiger partial charge is 0.159 e. The molecule has 3 aliphatic rings. The normalized spacial score (nSPS) is 32.7. The fraction of sp³-hybridized carbons (Fsp3) is 0.722. The first kappa shape index (κ1) is 13.1. The summed E-state index contributed by atoms with van der Waals surface area (Å²) < 4.78 is 0. The number of ketones is 1. The highest BCUT2D eigenvalue weighted by molar-refractivity contribution is 5.97. The van der Waals surface area contributed by atoms with Gasteiger partial charge < -0.3 is 0 Å². The topological polar surface area (TPSA) is 17.1 Å². The van der Waals surface area contributed by atoms with Crippen molar-refractivity contribution in [2.24, 2.45) is 11.8 Å². The predicted octanol–water partition coefficient (Wildman–Crippen LogP) is 4.97. The van der Waals surface area contributed by atoms with Gasteiger partial charge in [0.15, 0.2) is 5.78 Å². The van der Waals surface area contributed by atoms with Gasteiger partial charge >= 0.3 is 0 Å².